The fourth-order valence-corrected chi connectivity index (χ4v) is 4.11. The van der Waals surface area contributed by atoms with Crippen LogP contribution in [0, 0.1) is 11.3 Å². The second-order valence-corrected chi connectivity index (χ2v) is 6.95. The molecule has 0 bridgehead atoms. The Bertz CT molecular complexity index is 582. The van der Waals surface area contributed by atoms with Crippen LogP contribution in [0.3, 0.4) is 0 Å². The van der Waals surface area contributed by atoms with Gasteiger partial charge in [-0.3, -0.25) is 0 Å². The van der Waals surface area contributed by atoms with Crippen molar-refractivity contribution >= 4 is 10.0 Å². The predicted octanol–water partition coefficient (Wildman–Crippen LogP) is 2.95. The first-order valence-corrected chi connectivity index (χ1v) is 8.63. The van der Waals surface area contributed by atoms with Crippen molar-refractivity contribution in [1.82, 2.24) is 4.72 Å². The maximum atomic E-state index is 12.4. The first kappa shape index (κ1) is 15.0. The van der Waals surface area contributed by atoms with Crippen LogP contribution >= 0.6 is 0 Å². The summed E-state index contributed by atoms with van der Waals surface area (Å²) in [6.07, 6.45) is 7.48. The molecule has 0 aliphatic heterocycles. The zero-order valence-electron chi connectivity index (χ0n) is 11.5. The molecule has 0 amide bonds. The van der Waals surface area contributed by atoms with E-state index in [1.807, 2.05) is 6.07 Å². The van der Waals surface area contributed by atoms with Crippen molar-refractivity contribution in [2.75, 3.05) is 0 Å². The topological polar surface area (TPSA) is 70.0 Å². The monoisotopic (exact) mass is 292 g/mol. The molecule has 1 aliphatic rings. The Morgan fingerprint density at radius 2 is 1.65 bits per heavy atom. The van der Waals surface area contributed by atoms with Gasteiger partial charge >= 0.3 is 0 Å². The normalized spacial score (nSPS) is 17.9. The zero-order chi connectivity index (χ0) is 14.4. The lowest BCUT2D eigenvalue weighted by molar-refractivity contribution is 0.426. The summed E-state index contributed by atoms with van der Waals surface area (Å²) in [6, 6.07) is 8.28. The van der Waals surface area contributed by atoms with E-state index in [1.165, 1.54) is 31.4 Å². The molecule has 1 fully saturated rings. The molecule has 0 atom stereocenters. The molecule has 2 rings (SSSR count). The lowest BCUT2D eigenvalue weighted by Gasteiger charge is -2.21. The molecule has 1 aliphatic carbocycles. The van der Waals surface area contributed by atoms with E-state index in [2.05, 4.69) is 4.72 Å². The molecule has 1 aromatic carbocycles. The molecule has 0 heterocycles. The average molecular weight is 292 g/mol. The van der Waals surface area contributed by atoms with Crippen molar-refractivity contribution in [3.63, 3.8) is 0 Å². The second-order valence-electron chi connectivity index (χ2n) is 5.27. The lowest BCUT2D eigenvalue weighted by Crippen LogP contribution is -2.35. The fourth-order valence-electron chi connectivity index (χ4n) is 2.65. The van der Waals surface area contributed by atoms with Crippen LogP contribution in [0.4, 0.5) is 0 Å². The highest BCUT2D eigenvalue weighted by Gasteiger charge is 2.22. The van der Waals surface area contributed by atoms with Crippen LogP contribution in [0.1, 0.15) is 50.5 Å². The highest BCUT2D eigenvalue weighted by Crippen LogP contribution is 2.20. The Morgan fingerprint density at radius 1 is 1.05 bits per heavy atom. The summed E-state index contributed by atoms with van der Waals surface area (Å²) in [6.45, 7) is 0. The number of benzene rings is 1. The Morgan fingerprint density at radius 3 is 2.30 bits per heavy atom. The third kappa shape index (κ3) is 3.81. The van der Waals surface area contributed by atoms with Crippen LogP contribution in [0.15, 0.2) is 29.2 Å². The van der Waals surface area contributed by atoms with E-state index >= 15 is 0 Å². The number of nitrogens with one attached hydrogen (secondary N) is 1. The van der Waals surface area contributed by atoms with Crippen molar-refractivity contribution in [3.8, 4) is 6.07 Å². The summed E-state index contributed by atoms with van der Waals surface area (Å²) < 4.78 is 27.6. The van der Waals surface area contributed by atoms with Crippen LogP contribution in [-0.4, -0.2) is 14.5 Å². The third-order valence-electron chi connectivity index (χ3n) is 3.72. The highest BCUT2D eigenvalue weighted by molar-refractivity contribution is 7.89. The first-order valence-electron chi connectivity index (χ1n) is 7.15. The Kier molecular flexibility index (Phi) is 5.16. The molecule has 5 heteroatoms. The molecule has 108 valence electrons. The number of hydrogen-bond acceptors (Lipinski definition) is 3. The minimum absolute atomic E-state index is 0.00736. The average Bonchev–Trinajstić information content (AvgIpc) is 2.41. The minimum atomic E-state index is -3.60. The zero-order valence-corrected chi connectivity index (χ0v) is 12.3. The maximum Gasteiger partial charge on any atom is 0.242 e. The van der Waals surface area contributed by atoms with Crippen LogP contribution in [0.25, 0.3) is 0 Å². The molecule has 1 N–H and O–H groups in total. The molecule has 20 heavy (non-hydrogen) atoms. The summed E-state index contributed by atoms with van der Waals surface area (Å²) in [5.41, 5.74) is 0.200. The third-order valence-corrected chi connectivity index (χ3v) is 5.30. The number of nitrogens with zero attached hydrogens (tertiary/aromatic N) is 1. The molecule has 0 spiro atoms. The first-order chi connectivity index (χ1) is 9.63. The summed E-state index contributed by atoms with van der Waals surface area (Å²) in [5.74, 6) is 0. The van der Waals surface area contributed by atoms with Gasteiger partial charge in [-0.1, -0.05) is 44.2 Å². The molecule has 4 nitrogen and oxygen atoms in total. The largest absolute Gasteiger partial charge is 0.242 e. The van der Waals surface area contributed by atoms with Gasteiger partial charge in [-0.15, -0.1) is 0 Å². The van der Waals surface area contributed by atoms with E-state index < -0.39 is 10.0 Å². The van der Waals surface area contributed by atoms with Crippen molar-refractivity contribution in [1.29, 1.82) is 5.26 Å². The quantitative estimate of drug-likeness (QED) is 0.931. The SMILES string of the molecule is N#Cc1ccccc1S(=O)(=O)NC1CCCCCCC1. The maximum absolute atomic E-state index is 12.4. The molecule has 0 aromatic heterocycles. The van der Waals surface area contributed by atoms with Gasteiger partial charge in [0, 0.05) is 6.04 Å². The fraction of sp³-hybridized carbons (Fsp3) is 0.533. The number of nitriles is 1. The lowest BCUT2D eigenvalue weighted by atomic mass is 9.97. The highest BCUT2D eigenvalue weighted by atomic mass is 32.2. The number of rotatable bonds is 3. The van der Waals surface area contributed by atoms with E-state index in [0.717, 1.165) is 25.7 Å². The molecule has 1 aromatic rings. The standard InChI is InChI=1S/C15H20N2O2S/c16-12-13-8-6-7-11-15(13)20(18,19)17-14-9-4-2-1-3-5-10-14/h6-8,11,14,17H,1-5,9-10H2. The van der Waals surface area contributed by atoms with E-state index in [4.69, 9.17) is 5.26 Å². The van der Waals surface area contributed by atoms with Gasteiger partial charge in [0.05, 0.1) is 10.5 Å². The van der Waals surface area contributed by atoms with Crippen LogP contribution < -0.4 is 4.72 Å². The summed E-state index contributed by atoms with van der Waals surface area (Å²) in [7, 11) is -3.60. The second kappa shape index (κ2) is 6.87. The van der Waals surface area contributed by atoms with Gasteiger partial charge in [-0.25, -0.2) is 13.1 Å². The Labute approximate surface area is 120 Å². The van der Waals surface area contributed by atoms with E-state index in [-0.39, 0.29) is 16.5 Å². The van der Waals surface area contributed by atoms with Crippen molar-refractivity contribution < 1.29 is 8.42 Å². The van der Waals surface area contributed by atoms with Gasteiger partial charge < -0.3 is 0 Å². The van der Waals surface area contributed by atoms with Gasteiger partial charge in [0.1, 0.15) is 6.07 Å². The molecule has 0 unspecified atom stereocenters. The van der Waals surface area contributed by atoms with Gasteiger partial charge in [-0.05, 0) is 25.0 Å². The summed E-state index contributed by atoms with van der Waals surface area (Å²) in [4.78, 5) is 0.0876. The predicted molar refractivity (Wildman–Crippen MR) is 77.6 cm³/mol. The van der Waals surface area contributed by atoms with E-state index in [0.29, 0.717) is 0 Å². The van der Waals surface area contributed by atoms with Crippen LogP contribution in [0.2, 0.25) is 0 Å². The molecular formula is C15H20N2O2S. The van der Waals surface area contributed by atoms with E-state index in [1.54, 1.807) is 12.1 Å². The van der Waals surface area contributed by atoms with Crippen molar-refractivity contribution in [2.45, 2.75) is 55.9 Å². The van der Waals surface area contributed by atoms with Crippen LogP contribution in [0.5, 0.6) is 0 Å². The molecule has 1 saturated carbocycles. The van der Waals surface area contributed by atoms with Gasteiger partial charge in [0.2, 0.25) is 10.0 Å². The Hall–Kier alpha value is -1.38. The van der Waals surface area contributed by atoms with Gasteiger partial charge in [0.25, 0.3) is 0 Å². The van der Waals surface area contributed by atoms with Gasteiger partial charge in [0.15, 0.2) is 0 Å². The minimum Gasteiger partial charge on any atom is -0.208 e. The summed E-state index contributed by atoms with van der Waals surface area (Å²) >= 11 is 0. The number of hydrogen-bond donors (Lipinski definition) is 1. The smallest absolute Gasteiger partial charge is 0.208 e. The Balaban J connectivity index is 2.16. The van der Waals surface area contributed by atoms with Crippen molar-refractivity contribution in [3.05, 3.63) is 29.8 Å². The molecular weight excluding hydrogens is 272 g/mol. The van der Waals surface area contributed by atoms with Crippen LogP contribution in [-0.2, 0) is 10.0 Å². The number of sulfonamides is 1. The van der Waals surface area contributed by atoms with Gasteiger partial charge in [-0.2, -0.15) is 5.26 Å². The molecule has 0 saturated heterocycles. The van der Waals surface area contributed by atoms with Crippen molar-refractivity contribution in [2.24, 2.45) is 0 Å². The molecule has 0 radical (unpaired) electrons. The summed E-state index contributed by atoms with van der Waals surface area (Å²) in [5, 5.41) is 9.03. The van der Waals surface area contributed by atoms with E-state index in [9.17, 15) is 8.42 Å².